The Morgan fingerprint density at radius 3 is 2.64 bits per heavy atom. The Balaban J connectivity index is 1.61. The van der Waals surface area contributed by atoms with Gasteiger partial charge in [0.25, 0.3) is 0 Å². The Bertz CT molecular complexity index is 175. The van der Waals surface area contributed by atoms with Crippen molar-refractivity contribution >= 4 is 0 Å². The SMILES string of the molecule is CC1CCC(NCC(C)C2CNC2)C1. The van der Waals surface area contributed by atoms with Crippen LogP contribution < -0.4 is 10.6 Å². The Morgan fingerprint density at radius 2 is 2.14 bits per heavy atom. The summed E-state index contributed by atoms with van der Waals surface area (Å²) in [5.74, 6) is 2.74. The molecule has 2 aliphatic rings. The van der Waals surface area contributed by atoms with Gasteiger partial charge in [0, 0.05) is 6.04 Å². The van der Waals surface area contributed by atoms with Gasteiger partial charge in [0.15, 0.2) is 0 Å². The lowest BCUT2D eigenvalue weighted by Crippen LogP contribution is -2.48. The van der Waals surface area contributed by atoms with Crippen molar-refractivity contribution in [3.8, 4) is 0 Å². The second-order valence-corrected chi connectivity index (χ2v) is 5.42. The van der Waals surface area contributed by atoms with Crippen LogP contribution in [0.1, 0.15) is 33.1 Å². The third kappa shape index (κ3) is 2.48. The fourth-order valence-electron chi connectivity index (χ4n) is 2.63. The fraction of sp³-hybridized carbons (Fsp3) is 1.00. The molecule has 1 aliphatic carbocycles. The molecule has 2 fully saturated rings. The van der Waals surface area contributed by atoms with Crippen molar-refractivity contribution in [3.05, 3.63) is 0 Å². The highest BCUT2D eigenvalue weighted by atomic mass is 15.0. The topological polar surface area (TPSA) is 24.1 Å². The van der Waals surface area contributed by atoms with E-state index in [1.807, 2.05) is 0 Å². The van der Waals surface area contributed by atoms with Gasteiger partial charge in [-0.25, -0.2) is 0 Å². The molecule has 0 spiro atoms. The minimum Gasteiger partial charge on any atom is -0.316 e. The zero-order valence-corrected chi connectivity index (χ0v) is 9.55. The molecule has 2 rings (SSSR count). The van der Waals surface area contributed by atoms with Gasteiger partial charge in [-0.05, 0) is 56.7 Å². The van der Waals surface area contributed by atoms with E-state index in [-0.39, 0.29) is 0 Å². The van der Waals surface area contributed by atoms with E-state index in [0.717, 1.165) is 23.8 Å². The monoisotopic (exact) mass is 196 g/mol. The highest BCUT2D eigenvalue weighted by Gasteiger charge is 2.25. The maximum Gasteiger partial charge on any atom is 0.00698 e. The maximum absolute atomic E-state index is 3.73. The van der Waals surface area contributed by atoms with Gasteiger partial charge in [-0.1, -0.05) is 13.8 Å². The van der Waals surface area contributed by atoms with Crippen LogP contribution in [0.15, 0.2) is 0 Å². The van der Waals surface area contributed by atoms with E-state index in [1.54, 1.807) is 0 Å². The molecule has 0 radical (unpaired) electrons. The third-order valence-electron chi connectivity index (χ3n) is 4.04. The summed E-state index contributed by atoms with van der Waals surface area (Å²) in [4.78, 5) is 0. The molecular formula is C12H24N2. The summed E-state index contributed by atoms with van der Waals surface area (Å²) < 4.78 is 0. The summed E-state index contributed by atoms with van der Waals surface area (Å²) >= 11 is 0. The summed E-state index contributed by atoms with van der Waals surface area (Å²) in [6.45, 7) is 8.47. The Morgan fingerprint density at radius 1 is 1.36 bits per heavy atom. The number of hydrogen-bond acceptors (Lipinski definition) is 2. The van der Waals surface area contributed by atoms with Gasteiger partial charge >= 0.3 is 0 Å². The molecule has 1 heterocycles. The molecule has 3 atom stereocenters. The molecule has 0 aromatic rings. The normalized spacial score (nSPS) is 35.6. The highest BCUT2D eigenvalue weighted by molar-refractivity contribution is 4.83. The second kappa shape index (κ2) is 4.63. The lowest BCUT2D eigenvalue weighted by Gasteiger charge is -2.33. The molecule has 82 valence electrons. The van der Waals surface area contributed by atoms with Crippen molar-refractivity contribution in [3.63, 3.8) is 0 Å². The fourth-order valence-corrected chi connectivity index (χ4v) is 2.63. The van der Waals surface area contributed by atoms with Crippen molar-refractivity contribution in [2.45, 2.75) is 39.2 Å². The van der Waals surface area contributed by atoms with E-state index in [4.69, 9.17) is 0 Å². The molecule has 0 amide bonds. The molecule has 0 aromatic carbocycles. The second-order valence-electron chi connectivity index (χ2n) is 5.42. The maximum atomic E-state index is 3.73. The van der Waals surface area contributed by atoms with Crippen LogP contribution in [0.3, 0.4) is 0 Å². The molecule has 1 saturated heterocycles. The molecule has 2 N–H and O–H groups in total. The minimum absolute atomic E-state index is 0.820. The Kier molecular flexibility index (Phi) is 3.45. The van der Waals surface area contributed by atoms with Gasteiger partial charge in [-0.15, -0.1) is 0 Å². The van der Waals surface area contributed by atoms with Crippen LogP contribution in [-0.2, 0) is 0 Å². The molecule has 0 aromatic heterocycles. The van der Waals surface area contributed by atoms with Crippen molar-refractivity contribution in [2.75, 3.05) is 19.6 Å². The smallest absolute Gasteiger partial charge is 0.00698 e. The molecule has 0 bridgehead atoms. The predicted molar refractivity (Wildman–Crippen MR) is 60.3 cm³/mol. The summed E-state index contributed by atoms with van der Waals surface area (Å²) in [5, 5.41) is 7.08. The summed E-state index contributed by atoms with van der Waals surface area (Å²) in [6.07, 6.45) is 4.23. The molecule has 2 nitrogen and oxygen atoms in total. The van der Waals surface area contributed by atoms with E-state index in [9.17, 15) is 0 Å². The standard InChI is InChI=1S/C12H24N2/c1-9-3-4-12(5-9)14-6-10(2)11-7-13-8-11/h9-14H,3-8H2,1-2H3. The zero-order chi connectivity index (χ0) is 9.97. The van der Waals surface area contributed by atoms with Crippen LogP contribution in [0.5, 0.6) is 0 Å². The van der Waals surface area contributed by atoms with Gasteiger partial charge in [0.1, 0.15) is 0 Å². The van der Waals surface area contributed by atoms with E-state index in [0.29, 0.717) is 0 Å². The first-order chi connectivity index (χ1) is 6.75. The summed E-state index contributed by atoms with van der Waals surface area (Å²) in [5.41, 5.74) is 0. The van der Waals surface area contributed by atoms with Gasteiger partial charge in [-0.2, -0.15) is 0 Å². The van der Waals surface area contributed by atoms with Crippen LogP contribution in [0.4, 0.5) is 0 Å². The molecule has 14 heavy (non-hydrogen) atoms. The zero-order valence-electron chi connectivity index (χ0n) is 9.55. The van der Waals surface area contributed by atoms with Gasteiger partial charge in [0.05, 0.1) is 0 Å². The first-order valence-electron chi connectivity index (χ1n) is 6.20. The number of rotatable bonds is 4. The molecular weight excluding hydrogens is 172 g/mol. The highest BCUT2D eigenvalue weighted by Crippen LogP contribution is 2.25. The van der Waals surface area contributed by atoms with Crippen LogP contribution in [-0.4, -0.2) is 25.7 Å². The lowest BCUT2D eigenvalue weighted by molar-refractivity contribution is 0.237. The third-order valence-corrected chi connectivity index (χ3v) is 4.04. The van der Waals surface area contributed by atoms with Crippen molar-refractivity contribution in [1.82, 2.24) is 10.6 Å². The van der Waals surface area contributed by atoms with Crippen molar-refractivity contribution < 1.29 is 0 Å². The molecule has 1 aliphatic heterocycles. The minimum atomic E-state index is 0.820. The van der Waals surface area contributed by atoms with Crippen molar-refractivity contribution in [1.29, 1.82) is 0 Å². The van der Waals surface area contributed by atoms with Crippen LogP contribution in [0, 0.1) is 17.8 Å². The Hall–Kier alpha value is -0.0800. The summed E-state index contributed by atoms with van der Waals surface area (Å²) in [6, 6.07) is 0.820. The lowest BCUT2D eigenvalue weighted by atomic mass is 9.89. The number of hydrogen-bond donors (Lipinski definition) is 2. The van der Waals surface area contributed by atoms with E-state index < -0.39 is 0 Å². The Labute approximate surface area is 87.8 Å². The quantitative estimate of drug-likeness (QED) is 0.714. The molecule has 1 saturated carbocycles. The van der Waals surface area contributed by atoms with E-state index in [1.165, 1.54) is 38.9 Å². The van der Waals surface area contributed by atoms with Gasteiger partial charge < -0.3 is 10.6 Å². The average Bonchev–Trinajstić information content (AvgIpc) is 2.45. The summed E-state index contributed by atoms with van der Waals surface area (Å²) in [7, 11) is 0. The predicted octanol–water partition coefficient (Wildman–Crippen LogP) is 1.62. The van der Waals surface area contributed by atoms with Gasteiger partial charge in [-0.3, -0.25) is 0 Å². The first kappa shape index (κ1) is 10.4. The van der Waals surface area contributed by atoms with E-state index in [2.05, 4.69) is 24.5 Å². The van der Waals surface area contributed by atoms with Crippen molar-refractivity contribution in [2.24, 2.45) is 17.8 Å². The van der Waals surface area contributed by atoms with Crippen LogP contribution in [0.25, 0.3) is 0 Å². The molecule has 3 unspecified atom stereocenters. The van der Waals surface area contributed by atoms with Crippen LogP contribution >= 0.6 is 0 Å². The van der Waals surface area contributed by atoms with Crippen LogP contribution in [0.2, 0.25) is 0 Å². The average molecular weight is 196 g/mol. The first-order valence-corrected chi connectivity index (χ1v) is 6.20. The number of nitrogens with one attached hydrogen (secondary N) is 2. The van der Waals surface area contributed by atoms with Gasteiger partial charge in [0.2, 0.25) is 0 Å². The molecule has 2 heteroatoms. The van der Waals surface area contributed by atoms with E-state index >= 15 is 0 Å². The largest absolute Gasteiger partial charge is 0.316 e.